The second kappa shape index (κ2) is 5.16. The summed E-state index contributed by atoms with van der Waals surface area (Å²) in [7, 11) is 0. The summed E-state index contributed by atoms with van der Waals surface area (Å²) in [6.45, 7) is 8.78. The van der Waals surface area contributed by atoms with Gasteiger partial charge in [-0.05, 0) is 32.8 Å². The lowest BCUT2D eigenvalue weighted by Gasteiger charge is -2.19. The molecule has 0 amide bonds. The van der Waals surface area contributed by atoms with Crippen LogP contribution in [0.25, 0.3) is 0 Å². The first-order valence-electron chi connectivity index (χ1n) is 5.46. The van der Waals surface area contributed by atoms with Crippen molar-refractivity contribution in [1.29, 1.82) is 0 Å². The molecule has 0 aliphatic carbocycles. The number of rotatable bonds is 4. The van der Waals surface area contributed by atoms with Gasteiger partial charge < -0.3 is 5.32 Å². The molecule has 0 bridgehead atoms. The summed E-state index contributed by atoms with van der Waals surface area (Å²) in [5.74, 6) is 0. The maximum atomic E-state index is 3.57. The molecule has 1 N–H and O–H groups in total. The predicted octanol–water partition coefficient (Wildman–Crippen LogP) is 3.44. The Labute approximate surface area is 87.5 Å². The number of nitrogens with one attached hydrogen (secondary N) is 1. The molecule has 0 spiro atoms. The van der Waals surface area contributed by atoms with Crippen LogP contribution in [0.15, 0.2) is 24.3 Å². The Balaban J connectivity index is 2.60. The normalized spacial score (nSPS) is 15.1. The zero-order chi connectivity index (χ0) is 10.6. The highest BCUT2D eigenvalue weighted by molar-refractivity contribution is 5.23. The van der Waals surface area contributed by atoms with E-state index in [0.717, 1.165) is 0 Å². The molecule has 0 aromatic heterocycles. The van der Waals surface area contributed by atoms with Gasteiger partial charge in [0, 0.05) is 12.1 Å². The van der Waals surface area contributed by atoms with E-state index in [9.17, 15) is 0 Å². The summed E-state index contributed by atoms with van der Waals surface area (Å²) in [4.78, 5) is 0. The van der Waals surface area contributed by atoms with Crippen LogP contribution < -0.4 is 5.32 Å². The Hall–Kier alpha value is -0.820. The predicted molar refractivity (Wildman–Crippen MR) is 62.5 cm³/mol. The summed E-state index contributed by atoms with van der Waals surface area (Å²) in [5.41, 5.74) is 2.69. The molecule has 78 valence electrons. The third-order valence-corrected chi connectivity index (χ3v) is 2.72. The van der Waals surface area contributed by atoms with E-state index in [0.29, 0.717) is 12.1 Å². The summed E-state index contributed by atoms with van der Waals surface area (Å²) in [6.07, 6.45) is 1.18. The van der Waals surface area contributed by atoms with Crippen molar-refractivity contribution in [3.8, 4) is 0 Å². The zero-order valence-electron chi connectivity index (χ0n) is 9.67. The maximum Gasteiger partial charge on any atom is 0.0294 e. The first-order chi connectivity index (χ1) is 6.63. The van der Waals surface area contributed by atoms with Crippen LogP contribution in [0.1, 0.15) is 44.4 Å². The smallest absolute Gasteiger partial charge is 0.0294 e. The Kier molecular flexibility index (Phi) is 4.15. The van der Waals surface area contributed by atoms with Crippen molar-refractivity contribution >= 4 is 0 Å². The van der Waals surface area contributed by atoms with Crippen LogP contribution in [0.5, 0.6) is 0 Å². The first-order valence-corrected chi connectivity index (χ1v) is 5.46. The van der Waals surface area contributed by atoms with Gasteiger partial charge in [0.25, 0.3) is 0 Å². The number of aryl methyl sites for hydroxylation is 1. The Bertz CT molecular complexity index is 263. The monoisotopic (exact) mass is 191 g/mol. The van der Waals surface area contributed by atoms with E-state index < -0.39 is 0 Å². The molecular weight excluding hydrogens is 170 g/mol. The molecule has 2 atom stereocenters. The van der Waals surface area contributed by atoms with E-state index in [2.05, 4.69) is 57.3 Å². The quantitative estimate of drug-likeness (QED) is 0.768. The summed E-state index contributed by atoms with van der Waals surface area (Å²) in [5, 5.41) is 3.57. The topological polar surface area (TPSA) is 12.0 Å². The van der Waals surface area contributed by atoms with Crippen molar-refractivity contribution < 1.29 is 0 Å². The molecule has 0 aliphatic heterocycles. The lowest BCUT2D eigenvalue weighted by molar-refractivity contribution is 0.469. The van der Waals surface area contributed by atoms with Gasteiger partial charge >= 0.3 is 0 Å². The van der Waals surface area contributed by atoms with Crippen LogP contribution in [-0.4, -0.2) is 6.04 Å². The molecule has 1 nitrogen and oxygen atoms in total. The van der Waals surface area contributed by atoms with Crippen LogP contribution in [-0.2, 0) is 0 Å². The summed E-state index contributed by atoms with van der Waals surface area (Å²) >= 11 is 0. The second-order valence-corrected chi connectivity index (χ2v) is 4.11. The van der Waals surface area contributed by atoms with E-state index in [-0.39, 0.29) is 0 Å². The summed E-state index contributed by atoms with van der Waals surface area (Å²) < 4.78 is 0. The number of benzene rings is 1. The van der Waals surface area contributed by atoms with Gasteiger partial charge in [-0.3, -0.25) is 0 Å². The molecule has 1 aromatic carbocycles. The Morgan fingerprint density at radius 1 is 1.14 bits per heavy atom. The average Bonchev–Trinajstić information content (AvgIpc) is 2.18. The van der Waals surface area contributed by atoms with E-state index in [1.165, 1.54) is 17.5 Å². The van der Waals surface area contributed by atoms with Crippen molar-refractivity contribution in [2.75, 3.05) is 0 Å². The molecular formula is C13H21N. The number of hydrogen-bond acceptors (Lipinski definition) is 1. The molecule has 0 fully saturated rings. The first kappa shape index (κ1) is 11.3. The lowest BCUT2D eigenvalue weighted by atomic mass is 10.1. The fourth-order valence-electron chi connectivity index (χ4n) is 1.50. The molecule has 1 aromatic rings. The van der Waals surface area contributed by atoms with Crippen molar-refractivity contribution in [3.63, 3.8) is 0 Å². The van der Waals surface area contributed by atoms with Crippen molar-refractivity contribution in [2.45, 2.75) is 46.2 Å². The van der Waals surface area contributed by atoms with Crippen LogP contribution in [0, 0.1) is 6.92 Å². The fraction of sp³-hybridized carbons (Fsp3) is 0.538. The maximum absolute atomic E-state index is 3.57. The zero-order valence-corrected chi connectivity index (χ0v) is 9.67. The van der Waals surface area contributed by atoms with E-state index in [1.807, 2.05) is 0 Å². The minimum Gasteiger partial charge on any atom is -0.308 e. The highest BCUT2D eigenvalue weighted by atomic mass is 14.9. The van der Waals surface area contributed by atoms with Crippen LogP contribution >= 0.6 is 0 Å². The Morgan fingerprint density at radius 3 is 2.21 bits per heavy atom. The SMILES string of the molecule is CC[C@H](C)N[C@H](C)c1ccc(C)cc1. The van der Waals surface area contributed by atoms with Crippen LogP contribution in [0.3, 0.4) is 0 Å². The van der Waals surface area contributed by atoms with Crippen molar-refractivity contribution in [2.24, 2.45) is 0 Å². The highest BCUT2D eigenvalue weighted by Crippen LogP contribution is 2.14. The van der Waals surface area contributed by atoms with Gasteiger partial charge in [0.15, 0.2) is 0 Å². The molecule has 0 aliphatic rings. The number of hydrogen-bond donors (Lipinski definition) is 1. The van der Waals surface area contributed by atoms with Gasteiger partial charge in [-0.25, -0.2) is 0 Å². The molecule has 0 saturated carbocycles. The van der Waals surface area contributed by atoms with Gasteiger partial charge in [0.1, 0.15) is 0 Å². The van der Waals surface area contributed by atoms with Gasteiger partial charge in [-0.2, -0.15) is 0 Å². The molecule has 0 heterocycles. The van der Waals surface area contributed by atoms with Crippen LogP contribution in [0.4, 0.5) is 0 Å². The molecule has 0 radical (unpaired) electrons. The summed E-state index contributed by atoms with van der Waals surface area (Å²) in [6, 6.07) is 9.79. The van der Waals surface area contributed by atoms with E-state index in [4.69, 9.17) is 0 Å². The van der Waals surface area contributed by atoms with Gasteiger partial charge in [-0.15, -0.1) is 0 Å². The van der Waals surface area contributed by atoms with Crippen molar-refractivity contribution in [3.05, 3.63) is 35.4 Å². The van der Waals surface area contributed by atoms with Crippen molar-refractivity contribution in [1.82, 2.24) is 5.32 Å². The third kappa shape index (κ3) is 3.15. The van der Waals surface area contributed by atoms with E-state index >= 15 is 0 Å². The second-order valence-electron chi connectivity index (χ2n) is 4.11. The molecule has 1 heteroatoms. The average molecular weight is 191 g/mol. The fourth-order valence-corrected chi connectivity index (χ4v) is 1.50. The minimum atomic E-state index is 0.450. The van der Waals surface area contributed by atoms with E-state index in [1.54, 1.807) is 0 Å². The lowest BCUT2D eigenvalue weighted by Crippen LogP contribution is -2.28. The van der Waals surface area contributed by atoms with Crippen LogP contribution in [0.2, 0.25) is 0 Å². The molecule has 1 rings (SSSR count). The Morgan fingerprint density at radius 2 is 1.71 bits per heavy atom. The molecule has 0 saturated heterocycles. The molecule has 14 heavy (non-hydrogen) atoms. The van der Waals surface area contributed by atoms with Gasteiger partial charge in [0.05, 0.1) is 0 Å². The van der Waals surface area contributed by atoms with Gasteiger partial charge in [0.2, 0.25) is 0 Å². The third-order valence-electron chi connectivity index (χ3n) is 2.72. The standard InChI is InChI=1S/C13H21N/c1-5-11(3)14-12(4)13-8-6-10(2)7-9-13/h6-9,11-12,14H,5H2,1-4H3/t11-,12+/m0/s1. The molecule has 0 unspecified atom stereocenters. The minimum absolute atomic E-state index is 0.450. The largest absolute Gasteiger partial charge is 0.308 e. The van der Waals surface area contributed by atoms with Gasteiger partial charge in [-0.1, -0.05) is 36.8 Å². The highest BCUT2D eigenvalue weighted by Gasteiger charge is 2.06.